The Bertz CT molecular complexity index is 590. The van der Waals surface area contributed by atoms with E-state index in [0.29, 0.717) is 24.1 Å². The first-order chi connectivity index (χ1) is 8.58. The van der Waals surface area contributed by atoms with Crippen LogP contribution in [0.4, 0.5) is 0 Å². The summed E-state index contributed by atoms with van der Waals surface area (Å²) < 4.78 is 29.0. The molecule has 6 heteroatoms. The molecule has 5 nitrogen and oxygen atoms in total. The van der Waals surface area contributed by atoms with E-state index in [9.17, 15) is 8.42 Å². The van der Waals surface area contributed by atoms with E-state index in [4.69, 9.17) is 10.00 Å². The number of rotatable bonds is 2. The molecule has 2 heterocycles. The summed E-state index contributed by atoms with van der Waals surface area (Å²) in [5.41, 5.74) is 0.792. The Morgan fingerprint density at radius 1 is 1.44 bits per heavy atom. The maximum atomic E-state index is 12.0. The van der Waals surface area contributed by atoms with Crippen molar-refractivity contribution in [1.82, 2.24) is 4.98 Å². The van der Waals surface area contributed by atoms with Crippen LogP contribution >= 0.6 is 0 Å². The molecule has 1 fully saturated rings. The number of nitriles is 1. The summed E-state index contributed by atoms with van der Waals surface area (Å²) in [6, 6.07) is 5.13. The van der Waals surface area contributed by atoms with E-state index >= 15 is 0 Å². The molecule has 0 aromatic carbocycles. The molecule has 96 valence electrons. The molecule has 1 aromatic rings. The smallest absolute Gasteiger partial charge is 0.231 e. The van der Waals surface area contributed by atoms with Crippen LogP contribution < -0.4 is 4.74 Å². The molecular weight excluding hydrogens is 252 g/mol. The molecule has 0 aliphatic carbocycles. The van der Waals surface area contributed by atoms with Crippen LogP contribution in [-0.2, 0) is 9.84 Å². The van der Waals surface area contributed by atoms with Crippen LogP contribution in [0.2, 0.25) is 0 Å². The van der Waals surface area contributed by atoms with E-state index in [1.165, 1.54) is 7.11 Å². The van der Waals surface area contributed by atoms with Gasteiger partial charge in [0.1, 0.15) is 16.9 Å². The maximum Gasteiger partial charge on any atom is 0.231 e. The third-order valence-corrected chi connectivity index (χ3v) is 5.31. The number of pyridine rings is 1. The molecule has 1 unspecified atom stereocenters. The first-order valence-electron chi connectivity index (χ1n) is 5.75. The molecule has 0 amide bonds. The lowest BCUT2D eigenvalue weighted by atomic mass is 10.1. The molecule has 1 aromatic heterocycles. The highest BCUT2D eigenvalue weighted by Crippen LogP contribution is 2.33. The van der Waals surface area contributed by atoms with Crippen molar-refractivity contribution in [2.75, 3.05) is 12.9 Å². The minimum absolute atomic E-state index is 0.191. The van der Waals surface area contributed by atoms with Gasteiger partial charge in [-0.25, -0.2) is 13.4 Å². The molecule has 0 bridgehead atoms. The van der Waals surface area contributed by atoms with Gasteiger partial charge < -0.3 is 4.74 Å². The molecule has 2 rings (SSSR count). The molecule has 1 atom stereocenters. The standard InChI is InChI=1S/C12H14N2O3S/c1-17-12-9(8-13)5-6-10(14-12)11-4-2-3-7-18(11,15)16/h5-6,11H,2-4,7H2,1H3. The highest BCUT2D eigenvalue weighted by atomic mass is 32.2. The Hall–Kier alpha value is -1.61. The minimum atomic E-state index is -3.12. The van der Waals surface area contributed by atoms with E-state index in [1.54, 1.807) is 12.1 Å². The number of hydrogen-bond acceptors (Lipinski definition) is 5. The van der Waals surface area contributed by atoms with Crippen molar-refractivity contribution in [3.05, 3.63) is 23.4 Å². The van der Waals surface area contributed by atoms with Crippen LogP contribution in [-0.4, -0.2) is 26.3 Å². The normalized spacial score (nSPS) is 22.1. The SMILES string of the molecule is COc1nc(C2CCCCS2(=O)=O)ccc1C#N. The zero-order valence-electron chi connectivity index (χ0n) is 10.1. The summed E-state index contributed by atoms with van der Waals surface area (Å²) in [5, 5.41) is 8.30. The van der Waals surface area contributed by atoms with Crippen LogP contribution in [0.5, 0.6) is 5.88 Å². The van der Waals surface area contributed by atoms with Gasteiger partial charge in [-0.05, 0) is 25.0 Å². The third-order valence-electron chi connectivity index (χ3n) is 3.10. The van der Waals surface area contributed by atoms with Crippen molar-refractivity contribution < 1.29 is 13.2 Å². The summed E-state index contributed by atoms with van der Waals surface area (Å²) in [5.74, 6) is 0.401. The third kappa shape index (κ3) is 2.31. The first kappa shape index (κ1) is 12.8. The highest BCUT2D eigenvalue weighted by molar-refractivity contribution is 7.91. The Morgan fingerprint density at radius 2 is 2.22 bits per heavy atom. The van der Waals surface area contributed by atoms with Crippen LogP contribution in [0.15, 0.2) is 12.1 Å². The van der Waals surface area contributed by atoms with Gasteiger partial charge in [0.15, 0.2) is 9.84 Å². The zero-order valence-corrected chi connectivity index (χ0v) is 10.9. The van der Waals surface area contributed by atoms with Crippen molar-refractivity contribution in [3.63, 3.8) is 0 Å². The first-order valence-corrected chi connectivity index (χ1v) is 7.46. The van der Waals surface area contributed by atoms with Crippen molar-refractivity contribution in [2.24, 2.45) is 0 Å². The second kappa shape index (κ2) is 4.94. The van der Waals surface area contributed by atoms with Crippen molar-refractivity contribution >= 4 is 9.84 Å². The second-order valence-corrected chi connectivity index (χ2v) is 6.56. The zero-order chi connectivity index (χ0) is 13.2. The number of nitrogens with zero attached hydrogens (tertiary/aromatic N) is 2. The fourth-order valence-corrected chi connectivity index (χ4v) is 4.08. The Morgan fingerprint density at radius 3 is 2.83 bits per heavy atom. The molecule has 0 saturated carbocycles. The quantitative estimate of drug-likeness (QED) is 0.812. The average molecular weight is 266 g/mol. The van der Waals surface area contributed by atoms with Gasteiger partial charge in [0, 0.05) is 0 Å². The van der Waals surface area contributed by atoms with E-state index in [1.807, 2.05) is 6.07 Å². The number of aromatic nitrogens is 1. The largest absolute Gasteiger partial charge is 0.480 e. The van der Waals surface area contributed by atoms with E-state index in [2.05, 4.69) is 4.98 Å². The molecule has 1 aliphatic heterocycles. The topological polar surface area (TPSA) is 80.0 Å². The van der Waals surface area contributed by atoms with Crippen molar-refractivity contribution in [3.8, 4) is 11.9 Å². The van der Waals surface area contributed by atoms with E-state index in [-0.39, 0.29) is 11.6 Å². The van der Waals surface area contributed by atoms with Gasteiger partial charge in [0.2, 0.25) is 5.88 Å². The van der Waals surface area contributed by atoms with Gasteiger partial charge in [-0.2, -0.15) is 5.26 Å². The lowest BCUT2D eigenvalue weighted by Gasteiger charge is -2.22. The van der Waals surface area contributed by atoms with Gasteiger partial charge in [-0.15, -0.1) is 0 Å². The summed E-state index contributed by atoms with van der Waals surface area (Å²) in [4.78, 5) is 4.16. The Labute approximate surface area is 106 Å². The predicted molar refractivity (Wildman–Crippen MR) is 65.9 cm³/mol. The molecule has 1 aliphatic rings. The van der Waals surface area contributed by atoms with Crippen LogP contribution in [0, 0.1) is 11.3 Å². The van der Waals surface area contributed by atoms with Gasteiger partial charge in [0.05, 0.1) is 18.6 Å². The lowest BCUT2D eigenvalue weighted by molar-refractivity contribution is 0.394. The molecule has 1 saturated heterocycles. The monoisotopic (exact) mass is 266 g/mol. The number of ether oxygens (including phenoxy) is 1. The molecule has 18 heavy (non-hydrogen) atoms. The fraction of sp³-hybridized carbons (Fsp3) is 0.500. The number of hydrogen-bond donors (Lipinski definition) is 0. The summed E-state index contributed by atoms with van der Waals surface area (Å²) >= 11 is 0. The lowest BCUT2D eigenvalue weighted by Crippen LogP contribution is -2.22. The van der Waals surface area contributed by atoms with E-state index < -0.39 is 15.1 Å². The average Bonchev–Trinajstić information content (AvgIpc) is 2.37. The molecule has 0 radical (unpaired) electrons. The van der Waals surface area contributed by atoms with Gasteiger partial charge in [-0.3, -0.25) is 0 Å². The fourth-order valence-electron chi connectivity index (χ4n) is 2.16. The minimum Gasteiger partial charge on any atom is -0.480 e. The highest BCUT2D eigenvalue weighted by Gasteiger charge is 2.31. The van der Waals surface area contributed by atoms with E-state index in [0.717, 1.165) is 6.42 Å². The molecule has 0 N–H and O–H groups in total. The predicted octanol–water partition coefficient (Wildman–Crippen LogP) is 1.60. The van der Waals surface area contributed by atoms with Gasteiger partial charge in [0.25, 0.3) is 0 Å². The maximum absolute atomic E-state index is 12.0. The molecule has 0 spiro atoms. The summed E-state index contributed by atoms with van der Waals surface area (Å²) in [6.07, 6.45) is 2.19. The number of methoxy groups -OCH3 is 1. The summed E-state index contributed by atoms with van der Waals surface area (Å²) in [7, 11) is -1.70. The second-order valence-electron chi connectivity index (χ2n) is 4.26. The van der Waals surface area contributed by atoms with Crippen LogP contribution in [0.1, 0.15) is 35.8 Å². The van der Waals surface area contributed by atoms with Gasteiger partial charge >= 0.3 is 0 Å². The Kier molecular flexibility index (Phi) is 3.53. The van der Waals surface area contributed by atoms with Crippen molar-refractivity contribution in [2.45, 2.75) is 24.5 Å². The number of sulfone groups is 1. The van der Waals surface area contributed by atoms with Crippen molar-refractivity contribution in [1.29, 1.82) is 5.26 Å². The molecular formula is C12H14N2O3S. The van der Waals surface area contributed by atoms with Crippen LogP contribution in [0.25, 0.3) is 0 Å². The Balaban J connectivity index is 2.43. The van der Waals surface area contributed by atoms with Crippen LogP contribution in [0.3, 0.4) is 0 Å². The summed E-state index contributed by atoms with van der Waals surface area (Å²) in [6.45, 7) is 0. The van der Waals surface area contributed by atoms with Gasteiger partial charge in [-0.1, -0.05) is 6.42 Å².